The molecular formula is C13H12ClN5. The number of rotatable bonds is 2. The van der Waals surface area contributed by atoms with Crippen LogP contribution in [-0.4, -0.2) is 34.0 Å². The van der Waals surface area contributed by atoms with Crippen molar-refractivity contribution in [1.29, 1.82) is 0 Å². The summed E-state index contributed by atoms with van der Waals surface area (Å²) >= 11 is 6.06. The van der Waals surface area contributed by atoms with E-state index in [9.17, 15) is 0 Å². The summed E-state index contributed by atoms with van der Waals surface area (Å²) < 4.78 is 0. The van der Waals surface area contributed by atoms with Crippen LogP contribution in [0.5, 0.6) is 0 Å². The Balaban J connectivity index is 2.21. The van der Waals surface area contributed by atoms with E-state index in [0.29, 0.717) is 11.1 Å². The zero-order valence-corrected chi connectivity index (χ0v) is 11.3. The standard InChI is InChI=1S/C13H12ClN5/c1-19(2)13-17-10(6-11(14)18-13)9-7-16-12-8(9)4-3-5-15-12/h3-7H,1-2H3,(H,15,16). The van der Waals surface area contributed by atoms with Crippen molar-refractivity contribution in [3.8, 4) is 11.3 Å². The fourth-order valence-electron chi connectivity index (χ4n) is 1.91. The van der Waals surface area contributed by atoms with Crippen molar-refractivity contribution in [2.75, 3.05) is 19.0 Å². The molecular weight excluding hydrogens is 262 g/mol. The molecule has 0 radical (unpaired) electrons. The number of H-pyrrole nitrogens is 1. The van der Waals surface area contributed by atoms with Gasteiger partial charge in [-0.25, -0.2) is 15.0 Å². The third kappa shape index (κ3) is 2.13. The number of aromatic nitrogens is 4. The van der Waals surface area contributed by atoms with Crippen LogP contribution in [0.2, 0.25) is 5.15 Å². The average molecular weight is 274 g/mol. The summed E-state index contributed by atoms with van der Waals surface area (Å²) in [6.45, 7) is 0. The van der Waals surface area contributed by atoms with Crippen LogP contribution in [0.25, 0.3) is 22.3 Å². The minimum absolute atomic E-state index is 0.423. The van der Waals surface area contributed by atoms with Gasteiger partial charge >= 0.3 is 0 Å². The molecule has 0 unspecified atom stereocenters. The molecule has 3 rings (SSSR count). The lowest BCUT2D eigenvalue weighted by Crippen LogP contribution is -2.13. The van der Waals surface area contributed by atoms with Gasteiger partial charge in [0.1, 0.15) is 10.8 Å². The van der Waals surface area contributed by atoms with E-state index >= 15 is 0 Å². The second-order valence-electron chi connectivity index (χ2n) is 4.37. The van der Waals surface area contributed by atoms with Crippen LogP contribution in [0.4, 0.5) is 5.95 Å². The predicted molar refractivity (Wildman–Crippen MR) is 76.5 cm³/mol. The molecule has 0 spiro atoms. The Hall–Kier alpha value is -2.14. The smallest absolute Gasteiger partial charge is 0.226 e. The van der Waals surface area contributed by atoms with Crippen LogP contribution in [0.3, 0.4) is 0 Å². The number of halogens is 1. The Morgan fingerprint density at radius 2 is 2.11 bits per heavy atom. The number of hydrogen-bond donors (Lipinski definition) is 1. The molecule has 0 fully saturated rings. The van der Waals surface area contributed by atoms with Gasteiger partial charge in [0.15, 0.2) is 0 Å². The molecule has 0 bridgehead atoms. The van der Waals surface area contributed by atoms with Crippen molar-refractivity contribution in [2.24, 2.45) is 0 Å². The molecule has 0 saturated carbocycles. The highest BCUT2D eigenvalue weighted by Gasteiger charge is 2.11. The highest BCUT2D eigenvalue weighted by atomic mass is 35.5. The first-order chi connectivity index (χ1) is 9.15. The topological polar surface area (TPSA) is 57.7 Å². The summed E-state index contributed by atoms with van der Waals surface area (Å²) in [6.07, 6.45) is 3.64. The molecule has 3 aromatic heterocycles. The number of nitrogens with zero attached hydrogens (tertiary/aromatic N) is 4. The molecule has 19 heavy (non-hydrogen) atoms. The van der Waals surface area contributed by atoms with E-state index in [4.69, 9.17) is 11.6 Å². The van der Waals surface area contributed by atoms with Gasteiger partial charge in [0.2, 0.25) is 5.95 Å². The van der Waals surface area contributed by atoms with Gasteiger partial charge in [-0.3, -0.25) is 0 Å². The number of nitrogens with one attached hydrogen (secondary N) is 1. The van der Waals surface area contributed by atoms with Gasteiger partial charge in [-0.1, -0.05) is 11.6 Å². The molecule has 0 aliphatic rings. The number of anilines is 1. The Bertz CT molecular complexity index is 735. The maximum Gasteiger partial charge on any atom is 0.226 e. The molecule has 5 nitrogen and oxygen atoms in total. The van der Waals surface area contributed by atoms with Gasteiger partial charge in [-0.05, 0) is 12.1 Å². The maximum absolute atomic E-state index is 6.06. The predicted octanol–water partition coefficient (Wildman–Crippen LogP) is 2.74. The van der Waals surface area contributed by atoms with Crippen molar-refractivity contribution in [2.45, 2.75) is 0 Å². The molecule has 96 valence electrons. The monoisotopic (exact) mass is 273 g/mol. The van der Waals surface area contributed by atoms with E-state index in [0.717, 1.165) is 22.3 Å². The van der Waals surface area contributed by atoms with Crippen molar-refractivity contribution in [3.05, 3.63) is 35.7 Å². The Morgan fingerprint density at radius 1 is 1.26 bits per heavy atom. The minimum atomic E-state index is 0.423. The van der Waals surface area contributed by atoms with E-state index < -0.39 is 0 Å². The summed E-state index contributed by atoms with van der Waals surface area (Å²) in [5.74, 6) is 0.584. The second kappa shape index (κ2) is 4.51. The van der Waals surface area contributed by atoms with E-state index in [2.05, 4.69) is 19.9 Å². The number of fused-ring (bicyclic) bond motifs is 1. The molecule has 3 heterocycles. The van der Waals surface area contributed by atoms with Crippen LogP contribution in [0.1, 0.15) is 0 Å². The van der Waals surface area contributed by atoms with E-state index in [1.807, 2.05) is 37.3 Å². The first-order valence-electron chi connectivity index (χ1n) is 5.79. The minimum Gasteiger partial charge on any atom is -0.347 e. The van der Waals surface area contributed by atoms with E-state index in [1.54, 1.807) is 12.3 Å². The molecule has 1 N–H and O–H groups in total. The first kappa shape index (κ1) is 11.9. The molecule has 0 aliphatic carbocycles. The van der Waals surface area contributed by atoms with Crippen molar-refractivity contribution in [3.63, 3.8) is 0 Å². The Kier molecular flexibility index (Phi) is 2.83. The molecule has 0 amide bonds. The lowest BCUT2D eigenvalue weighted by atomic mass is 10.1. The van der Waals surface area contributed by atoms with Gasteiger partial charge in [0.25, 0.3) is 0 Å². The maximum atomic E-state index is 6.06. The van der Waals surface area contributed by atoms with Crippen LogP contribution in [0, 0.1) is 0 Å². The fraction of sp³-hybridized carbons (Fsp3) is 0.154. The number of aromatic amines is 1. The van der Waals surface area contributed by atoms with Gasteiger partial charge in [-0.15, -0.1) is 0 Å². The molecule has 0 saturated heterocycles. The molecule has 3 aromatic rings. The normalized spacial score (nSPS) is 10.9. The van der Waals surface area contributed by atoms with Gasteiger partial charge in [0, 0.05) is 43.5 Å². The zero-order chi connectivity index (χ0) is 13.4. The molecule has 0 aromatic carbocycles. The van der Waals surface area contributed by atoms with Gasteiger partial charge in [0.05, 0.1) is 5.69 Å². The van der Waals surface area contributed by atoms with Gasteiger partial charge < -0.3 is 9.88 Å². The number of pyridine rings is 1. The molecule has 0 atom stereocenters. The summed E-state index contributed by atoms with van der Waals surface area (Å²) in [4.78, 5) is 17.9. The fourth-order valence-corrected chi connectivity index (χ4v) is 2.09. The van der Waals surface area contributed by atoms with Crippen LogP contribution >= 0.6 is 11.6 Å². The average Bonchev–Trinajstić information content (AvgIpc) is 2.81. The summed E-state index contributed by atoms with van der Waals surface area (Å²) in [7, 11) is 3.76. The van der Waals surface area contributed by atoms with Crippen molar-refractivity contribution < 1.29 is 0 Å². The Labute approximate surface area is 115 Å². The summed E-state index contributed by atoms with van der Waals surface area (Å²) in [5.41, 5.74) is 2.58. The summed E-state index contributed by atoms with van der Waals surface area (Å²) in [5, 5.41) is 1.44. The second-order valence-corrected chi connectivity index (χ2v) is 4.76. The lowest BCUT2D eigenvalue weighted by molar-refractivity contribution is 1.00. The quantitative estimate of drug-likeness (QED) is 0.730. The molecule has 6 heteroatoms. The van der Waals surface area contributed by atoms with Crippen molar-refractivity contribution >= 4 is 28.6 Å². The largest absolute Gasteiger partial charge is 0.347 e. The first-order valence-corrected chi connectivity index (χ1v) is 6.17. The highest BCUT2D eigenvalue weighted by molar-refractivity contribution is 6.29. The third-order valence-electron chi connectivity index (χ3n) is 2.81. The van der Waals surface area contributed by atoms with E-state index in [-0.39, 0.29) is 0 Å². The van der Waals surface area contributed by atoms with Crippen LogP contribution < -0.4 is 4.90 Å². The Morgan fingerprint density at radius 3 is 2.89 bits per heavy atom. The highest BCUT2D eigenvalue weighted by Crippen LogP contribution is 2.28. The third-order valence-corrected chi connectivity index (χ3v) is 3.00. The van der Waals surface area contributed by atoms with Crippen molar-refractivity contribution in [1.82, 2.24) is 19.9 Å². The van der Waals surface area contributed by atoms with Crippen LogP contribution in [0.15, 0.2) is 30.6 Å². The van der Waals surface area contributed by atoms with Gasteiger partial charge in [-0.2, -0.15) is 0 Å². The van der Waals surface area contributed by atoms with Crippen LogP contribution in [-0.2, 0) is 0 Å². The lowest BCUT2D eigenvalue weighted by Gasteiger charge is -2.11. The number of hydrogen-bond acceptors (Lipinski definition) is 4. The summed E-state index contributed by atoms with van der Waals surface area (Å²) in [6, 6.07) is 5.65. The zero-order valence-electron chi connectivity index (χ0n) is 10.6. The SMILES string of the molecule is CN(C)c1nc(Cl)cc(-c2c[nH]c3ncccc23)n1. The molecule has 0 aliphatic heterocycles. The van der Waals surface area contributed by atoms with E-state index in [1.165, 1.54) is 0 Å².